The van der Waals surface area contributed by atoms with Crippen molar-refractivity contribution < 1.29 is 9.18 Å². The highest BCUT2D eigenvalue weighted by atomic mass is 35.5. The molecule has 0 saturated carbocycles. The number of benzene rings is 2. The molecule has 0 aromatic heterocycles. The second-order valence-corrected chi connectivity index (χ2v) is 4.30. The molecule has 0 unspecified atom stereocenters. The molecule has 2 rings (SSSR count). The van der Waals surface area contributed by atoms with Crippen LogP contribution in [0, 0.1) is 5.82 Å². The number of nitrogens with two attached hydrogens (primary N) is 1. The molecule has 4 N–H and O–H groups in total. The molecule has 2 aromatic rings. The third-order valence-corrected chi connectivity index (χ3v) is 2.50. The standard InChI is InChI=1S/C13H11ClFN3O/c14-8-2-1-3-11(4-8)17-13(19)18-12-6-9(15)5-10(16)7-12/h1-7H,16H2,(H2,17,18,19). The fourth-order valence-corrected chi connectivity index (χ4v) is 1.73. The lowest BCUT2D eigenvalue weighted by Gasteiger charge is -2.08. The van der Waals surface area contributed by atoms with Gasteiger partial charge < -0.3 is 16.4 Å². The van der Waals surface area contributed by atoms with Crippen LogP contribution in [0.4, 0.5) is 26.2 Å². The van der Waals surface area contributed by atoms with Crippen LogP contribution in [-0.4, -0.2) is 6.03 Å². The van der Waals surface area contributed by atoms with E-state index in [9.17, 15) is 9.18 Å². The fraction of sp³-hybridized carbons (Fsp3) is 0. The molecule has 0 bridgehead atoms. The fourth-order valence-electron chi connectivity index (χ4n) is 1.54. The molecule has 0 fully saturated rings. The predicted octanol–water partition coefficient (Wildman–Crippen LogP) is 3.71. The molecule has 0 radical (unpaired) electrons. The number of halogens is 2. The second-order valence-electron chi connectivity index (χ2n) is 3.86. The average Bonchev–Trinajstić information content (AvgIpc) is 2.26. The van der Waals surface area contributed by atoms with Crippen LogP contribution >= 0.6 is 11.6 Å². The highest BCUT2D eigenvalue weighted by molar-refractivity contribution is 6.30. The summed E-state index contributed by atoms with van der Waals surface area (Å²) < 4.78 is 13.1. The number of carbonyl (C=O) groups excluding carboxylic acids is 1. The van der Waals surface area contributed by atoms with E-state index in [1.165, 1.54) is 18.2 Å². The molecule has 0 aliphatic rings. The molecular formula is C13H11ClFN3O. The topological polar surface area (TPSA) is 67.1 Å². The van der Waals surface area contributed by atoms with Crippen molar-refractivity contribution in [2.24, 2.45) is 0 Å². The van der Waals surface area contributed by atoms with Gasteiger partial charge in [0.25, 0.3) is 0 Å². The monoisotopic (exact) mass is 279 g/mol. The summed E-state index contributed by atoms with van der Waals surface area (Å²) in [5.74, 6) is -0.516. The largest absolute Gasteiger partial charge is 0.399 e. The molecule has 98 valence electrons. The number of carbonyl (C=O) groups is 1. The lowest BCUT2D eigenvalue weighted by atomic mass is 10.2. The second kappa shape index (κ2) is 5.58. The molecule has 4 nitrogen and oxygen atoms in total. The molecule has 0 spiro atoms. The van der Waals surface area contributed by atoms with Gasteiger partial charge in [-0.05, 0) is 36.4 Å². The minimum Gasteiger partial charge on any atom is -0.399 e. The SMILES string of the molecule is Nc1cc(F)cc(NC(=O)Nc2cccc(Cl)c2)c1. The Bertz CT molecular complexity index is 598. The normalized spacial score (nSPS) is 10.0. The number of nitrogen functional groups attached to an aromatic ring is 1. The van der Waals surface area contributed by atoms with Crippen LogP contribution in [0.3, 0.4) is 0 Å². The van der Waals surface area contributed by atoms with Gasteiger partial charge in [-0.25, -0.2) is 9.18 Å². The van der Waals surface area contributed by atoms with Gasteiger partial charge in [-0.3, -0.25) is 0 Å². The van der Waals surface area contributed by atoms with Gasteiger partial charge in [0.05, 0.1) is 0 Å². The number of rotatable bonds is 2. The van der Waals surface area contributed by atoms with E-state index in [1.54, 1.807) is 24.3 Å². The van der Waals surface area contributed by atoms with E-state index in [-0.39, 0.29) is 11.4 Å². The summed E-state index contributed by atoms with van der Waals surface area (Å²) in [6.45, 7) is 0. The summed E-state index contributed by atoms with van der Waals surface area (Å²) >= 11 is 5.79. The molecule has 0 saturated heterocycles. The van der Waals surface area contributed by atoms with E-state index < -0.39 is 11.8 Å². The number of hydrogen-bond acceptors (Lipinski definition) is 2. The van der Waals surface area contributed by atoms with Gasteiger partial charge in [0, 0.05) is 22.1 Å². The Morgan fingerprint density at radius 2 is 1.84 bits per heavy atom. The smallest absolute Gasteiger partial charge is 0.323 e. The quantitative estimate of drug-likeness (QED) is 0.734. The minimum atomic E-state index is -0.516. The van der Waals surface area contributed by atoms with Gasteiger partial charge in [0.1, 0.15) is 5.82 Å². The van der Waals surface area contributed by atoms with Crippen LogP contribution in [-0.2, 0) is 0 Å². The van der Waals surface area contributed by atoms with Crippen molar-refractivity contribution in [1.82, 2.24) is 0 Å². The number of nitrogens with one attached hydrogen (secondary N) is 2. The minimum absolute atomic E-state index is 0.234. The van der Waals surface area contributed by atoms with Gasteiger partial charge in [-0.2, -0.15) is 0 Å². The zero-order chi connectivity index (χ0) is 13.8. The maximum Gasteiger partial charge on any atom is 0.323 e. The van der Waals surface area contributed by atoms with Crippen LogP contribution in [0.2, 0.25) is 5.02 Å². The van der Waals surface area contributed by atoms with Crippen molar-refractivity contribution in [1.29, 1.82) is 0 Å². The Kier molecular flexibility index (Phi) is 3.87. The number of amides is 2. The highest BCUT2D eigenvalue weighted by Crippen LogP contribution is 2.17. The van der Waals surface area contributed by atoms with Crippen molar-refractivity contribution >= 4 is 34.7 Å². The van der Waals surface area contributed by atoms with Crippen LogP contribution in [0.5, 0.6) is 0 Å². The predicted molar refractivity (Wildman–Crippen MR) is 74.9 cm³/mol. The first-order valence-corrected chi connectivity index (χ1v) is 5.80. The Hall–Kier alpha value is -2.27. The van der Waals surface area contributed by atoms with E-state index in [4.69, 9.17) is 17.3 Å². The van der Waals surface area contributed by atoms with E-state index in [2.05, 4.69) is 10.6 Å². The van der Waals surface area contributed by atoms with Crippen LogP contribution in [0.25, 0.3) is 0 Å². The Balaban J connectivity index is 2.05. The average molecular weight is 280 g/mol. The summed E-state index contributed by atoms with van der Waals surface area (Å²) in [5.41, 5.74) is 6.52. The summed E-state index contributed by atoms with van der Waals surface area (Å²) in [4.78, 5) is 11.7. The highest BCUT2D eigenvalue weighted by Gasteiger charge is 2.05. The number of hydrogen-bond donors (Lipinski definition) is 3. The Morgan fingerprint density at radius 3 is 2.53 bits per heavy atom. The van der Waals surface area contributed by atoms with Gasteiger partial charge in [0.2, 0.25) is 0 Å². The van der Waals surface area contributed by atoms with Crippen molar-refractivity contribution in [2.45, 2.75) is 0 Å². The lowest BCUT2D eigenvalue weighted by Crippen LogP contribution is -2.19. The zero-order valence-corrected chi connectivity index (χ0v) is 10.5. The third kappa shape index (κ3) is 3.86. The Morgan fingerprint density at radius 1 is 1.11 bits per heavy atom. The summed E-state index contributed by atoms with van der Waals surface area (Å²) in [7, 11) is 0. The Labute approximate surface area is 114 Å². The van der Waals surface area contributed by atoms with Gasteiger partial charge >= 0.3 is 6.03 Å². The van der Waals surface area contributed by atoms with Crippen molar-refractivity contribution in [3.05, 3.63) is 53.3 Å². The lowest BCUT2D eigenvalue weighted by molar-refractivity contribution is 0.262. The molecule has 0 aliphatic heterocycles. The maximum atomic E-state index is 13.1. The zero-order valence-electron chi connectivity index (χ0n) is 9.78. The van der Waals surface area contributed by atoms with Crippen molar-refractivity contribution in [3.8, 4) is 0 Å². The van der Waals surface area contributed by atoms with Crippen LogP contribution < -0.4 is 16.4 Å². The molecule has 0 heterocycles. The van der Waals surface area contributed by atoms with E-state index in [0.717, 1.165) is 0 Å². The van der Waals surface area contributed by atoms with Crippen LogP contribution in [0.15, 0.2) is 42.5 Å². The van der Waals surface area contributed by atoms with Gasteiger partial charge in [-0.15, -0.1) is 0 Å². The molecule has 19 heavy (non-hydrogen) atoms. The van der Waals surface area contributed by atoms with Crippen molar-refractivity contribution in [2.75, 3.05) is 16.4 Å². The molecule has 2 aromatic carbocycles. The number of anilines is 3. The summed E-state index contributed by atoms with van der Waals surface area (Å²) in [6, 6.07) is 9.98. The molecule has 2 amide bonds. The first-order chi connectivity index (χ1) is 9.02. The summed E-state index contributed by atoms with van der Waals surface area (Å²) in [6.07, 6.45) is 0. The maximum absolute atomic E-state index is 13.1. The summed E-state index contributed by atoms with van der Waals surface area (Å²) in [5, 5.41) is 5.56. The molecule has 6 heteroatoms. The van der Waals surface area contributed by atoms with Crippen molar-refractivity contribution in [3.63, 3.8) is 0 Å². The van der Waals surface area contributed by atoms with Gasteiger partial charge in [-0.1, -0.05) is 17.7 Å². The van der Waals surface area contributed by atoms with E-state index in [0.29, 0.717) is 10.7 Å². The van der Waals surface area contributed by atoms with E-state index >= 15 is 0 Å². The first-order valence-electron chi connectivity index (χ1n) is 5.42. The molecule has 0 atom stereocenters. The molecule has 0 aliphatic carbocycles. The third-order valence-electron chi connectivity index (χ3n) is 2.26. The molecular weight excluding hydrogens is 269 g/mol. The van der Waals surface area contributed by atoms with Crippen LogP contribution in [0.1, 0.15) is 0 Å². The van der Waals surface area contributed by atoms with Gasteiger partial charge in [0.15, 0.2) is 0 Å². The first kappa shape index (κ1) is 13.2. The number of urea groups is 1. The van der Waals surface area contributed by atoms with E-state index in [1.807, 2.05) is 0 Å².